The Hall–Kier alpha value is -3.03. The first kappa shape index (κ1) is 17.4. The molecule has 0 aliphatic carbocycles. The Morgan fingerprint density at radius 2 is 1.48 bits per heavy atom. The summed E-state index contributed by atoms with van der Waals surface area (Å²) >= 11 is 6.25. The standard InChI is InChI=1S/C25H18ClO/c26-23-15-16-25(27-18-19-7-3-1-4-8-19)24(17-23)22-13-11-21(12-14-22)20-9-5-2-6-10-20/h1-9,11-17H,18H2. The van der Waals surface area contributed by atoms with Gasteiger partial charge in [0, 0.05) is 10.6 Å². The van der Waals surface area contributed by atoms with Crippen LogP contribution in [0.5, 0.6) is 5.75 Å². The zero-order chi connectivity index (χ0) is 18.5. The Bertz CT molecular complexity index is 1010. The molecule has 27 heavy (non-hydrogen) atoms. The van der Waals surface area contributed by atoms with E-state index in [0.717, 1.165) is 33.6 Å². The van der Waals surface area contributed by atoms with Gasteiger partial charge in [-0.25, -0.2) is 0 Å². The lowest BCUT2D eigenvalue weighted by Crippen LogP contribution is -1.97. The van der Waals surface area contributed by atoms with Gasteiger partial charge in [-0.3, -0.25) is 0 Å². The summed E-state index contributed by atoms with van der Waals surface area (Å²) in [5.41, 5.74) is 5.40. The first-order valence-corrected chi connectivity index (χ1v) is 9.21. The van der Waals surface area contributed by atoms with Crippen LogP contribution in [-0.2, 0) is 6.61 Å². The second kappa shape index (κ2) is 8.11. The van der Waals surface area contributed by atoms with Crippen molar-refractivity contribution in [2.45, 2.75) is 6.61 Å². The average molecular weight is 370 g/mol. The van der Waals surface area contributed by atoms with Crippen LogP contribution in [0.2, 0.25) is 5.02 Å². The lowest BCUT2D eigenvalue weighted by molar-refractivity contribution is 0.307. The van der Waals surface area contributed by atoms with Crippen LogP contribution in [0.4, 0.5) is 0 Å². The Balaban J connectivity index is 1.62. The smallest absolute Gasteiger partial charge is 0.127 e. The Labute approximate surface area is 164 Å². The summed E-state index contributed by atoms with van der Waals surface area (Å²) in [7, 11) is 0. The highest BCUT2D eigenvalue weighted by Crippen LogP contribution is 2.34. The van der Waals surface area contributed by atoms with Crippen molar-refractivity contribution in [2.24, 2.45) is 0 Å². The second-order valence-corrected chi connectivity index (χ2v) is 6.70. The fraction of sp³-hybridized carbons (Fsp3) is 0.0400. The van der Waals surface area contributed by atoms with Crippen LogP contribution in [0.1, 0.15) is 5.56 Å². The van der Waals surface area contributed by atoms with E-state index in [1.54, 1.807) is 0 Å². The average Bonchev–Trinajstić information content (AvgIpc) is 2.74. The van der Waals surface area contributed by atoms with Crippen LogP contribution in [0, 0.1) is 6.07 Å². The van der Waals surface area contributed by atoms with Gasteiger partial charge in [-0.15, -0.1) is 0 Å². The maximum atomic E-state index is 6.25. The van der Waals surface area contributed by atoms with Gasteiger partial charge in [0.2, 0.25) is 0 Å². The molecule has 0 bridgehead atoms. The van der Waals surface area contributed by atoms with E-state index in [1.165, 1.54) is 0 Å². The molecule has 0 saturated heterocycles. The summed E-state index contributed by atoms with van der Waals surface area (Å²) in [6.45, 7) is 0.520. The molecule has 0 saturated carbocycles. The van der Waals surface area contributed by atoms with Crippen molar-refractivity contribution >= 4 is 11.6 Å². The van der Waals surface area contributed by atoms with Gasteiger partial charge in [-0.05, 0) is 46.5 Å². The summed E-state index contributed by atoms with van der Waals surface area (Å²) < 4.78 is 6.08. The van der Waals surface area contributed by atoms with E-state index in [9.17, 15) is 0 Å². The monoisotopic (exact) mass is 369 g/mol. The Morgan fingerprint density at radius 3 is 2.22 bits per heavy atom. The molecule has 0 amide bonds. The third kappa shape index (κ3) is 4.21. The number of benzene rings is 4. The van der Waals surface area contributed by atoms with Crippen molar-refractivity contribution in [3.8, 4) is 28.0 Å². The molecule has 0 aliphatic heterocycles. The highest BCUT2D eigenvalue weighted by atomic mass is 35.5. The third-order valence-electron chi connectivity index (χ3n) is 4.39. The maximum Gasteiger partial charge on any atom is 0.127 e. The highest BCUT2D eigenvalue weighted by molar-refractivity contribution is 6.31. The molecule has 0 spiro atoms. The molecule has 4 rings (SSSR count). The van der Waals surface area contributed by atoms with E-state index in [2.05, 4.69) is 48.5 Å². The molecule has 0 N–H and O–H groups in total. The predicted molar refractivity (Wildman–Crippen MR) is 112 cm³/mol. The molecule has 0 atom stereocenters. The van der Waals surface area contributed by atoms with Gasteiger partial charge in [0.1, 0.15) is 12.4 Å². The van der Waals surface area contributed by atoms with E-state index in [-0.39, 0.29) is 0 Å². The number of halogens is 1. The number of hydrogen-bond donors (Lipinski definition) is 0. The molecular weight excluding hydrogens is 352 g/mol. The SMILES string of the molecule is Clc1ccc(OCc2ccccc2)c(-c2ccc(-c3[c]cccc3)cc2)c1. The Kier molecular flexibility index (Phi) is 5.22. The molecule has 0 aliphatic rings. The van der Waals surface area contributed by atoms with E-state index in [0.29, 0.717) is 11.6 Å². The van der Waals surface area contributed by atoms with Gasteiger partial charge < -0.3 is 4.74 Å². The number of hydrogen-bond acceptors (Lipinski definition) is 1. The zero-order valence-electron chi connectivity index (χ0n) is 14.7. The number of rotatable bonds is 5. The van der Waals surface area contributed by atoms with Gasteiger partial charge in [0.25, 0.3) is 0 Å². The van der Waals surface area contributed by atoms with Crippen molar-refractivity contribution in [1.82, 2.24) is 0 Å². The summed E-state index contributed by atoms with van der Waals surface area (Å²) in [6, 6.07) is 35.5. The minimum Gasteiger partial charge on any atom is -0.488 e. The summed E-state index contributed by atoms with van der Waals surface area (Å²) in [5.74, 6) is 0.822. The van der Waals surface area contributed by atoms with Crippen LogP contribution in [0.15, 0.2) is 97.1 Å². The molecule has 0 fully saturated rings. The van der Waals surface area contributed by atoms with Gasteiger partial charge in [0.15, 0.2) is 0 Å². The predicted octanol–water partition coefficient (Wildman–Crippen LogP) is 7.05. The highest BCUT2D eigenvalue weighted by Gasteiger charge is 2.09. The summed E-state index contributed by atoms with van der Waals surface area (Å²) in [5, 5.41) is 0.692. The van der Waals surface area contributed by atoms with Gasteiger partial charge >= 0.3 is 0 Å². The van der Waals surface area contributed by atoms with Crippen LogP contribution in [-0.4, -0.2) is 0 Å². The van der Waals surface area contributed by atoms with Gasteiger partial charge in [-0.1, -0.05) is 90.5 Å². The molecule has 0 heterocycles. The summed E-state index contributed by atoms with van der Waals surface area (Å²) in [4.78, 5) is 0. The zero-order valence-corrected chi connectivity index (χ0v) is 15.5. The summed E-state index contributed by atoms with van der Waals surface area (Å²) in [6.07, 6.45) is 0. The first-order chi connectivity index (χ1) is 13.3. The molecule has 2 heteroatoms. The minimum atomic E-state index is 0.520. The largest absolute Gasteiger partial charge is 0.488 e. The Morgan fingerprint density at radius 1 is 0.741 bits per heavy atom. The first-order valence-electron chi connectivity index (χ1n) is 8.83. The molecule has 4 aromatic carbocycles. The van der Waals surface area contributed by atoms with Gasteiger partial charge in [0.05, 0.1) is 0 Å². The fourth-order valence-electron chi connectivity index (χ4n) is 2.99. The van der Waals surface area contributed by atoms with E-state index < -0.39 is 0 Å². The third-order valence-corrected chi connectivity index (χ3v) is 4.63. The topological polar surface area (TPSA) is 9.23 Å². The van der Waals surface area contributed by atoms with Gasteiger partial charge in [-0.2, -0.15) is 0 Å². The molecular formula is C25H18ClO. The lowest BCUT2D eigenvalue weighted by atomic mass is 10.00. The lowest BCUT2D eigenvalue weighted by Gasteiger charge is -2.13. The van der Waals surface area contributed by atoms with Crippen LogP contribution < -0.4 is 4.74 Å². The minimum absolute atomic E-state index is 0.520. The van der Waals surface area contributed by atoms with Crippen molar-refractivity contribution in [2.75, 3.05) is 0 Å². The molecule has 0 unspecified atom stereocenters. The normalized spacial score (nSPS) is 10.6. The van der Waals surface area contributed by atoms with Crippen LogP contribution >= 0.6 is 11.6 Å². The van der Waals surface area contributed by atoms with Crippen molar-refractivity contribution in [3.63, 3.8) is 0 Å². The molecule has 131 valence electrons. The number of ether oxygens (including phenoxy) is 1. The maximum absolute atomic E-state index is 6.25. The van der Waals surface area contributed by atoms with E-state index in [4.69, 9.17) is 16.3 Å². The van der Waals surface area contributed by atoms with Crippen molar-refractivity contribution < 1.29 is 4.74 Å². The molecule has 0 aromatic heterocycles. The van der Waals surface area contributed by atoms with Crippen LogP contribution in [0.25, 0.3) is 22.3 Å². The second-order valence-electron chi connectivity index (χ2n) is 6.27. The van der Waals surface area contributed by atoms with Crippen molar-refractivity contribution in [1.29, 1.82) is 0 Å². The molecule has 4 aromatic rings. The molecule has 1 radical (unpaired) electrons. The fourth-order valence-corrected chi connectivity index (χ4v) is 3.16. The van der Waals surface area contributed by atoms with Crippen molar-refractivity contribution in [3.05, 3.63) is 114 Å². The van der Waals surface area contributed by atoms with Crippen LogP contribution in [0.3, 0.4) is 0 Å². The van der Waals surface area contributed by atoms with E-state index in [1.807, 2.05) is 54.6 Å². The quantitative estimate of drug-likeness (QED) is 0.366. The molecule has 1 nitrogen and oxygen atoms in total. The van der Waals surface area contributed by atoms with E-state index >= 15 is 0 Å².